The highest BCUT2D eigenvalue weighted by molar-refractivity contribution is 7.98. The van der Waals surface area contributed by atoms with Crippen molar-refractivity contribution in [1.29, 1.82) is 0 Å². The molecule has 0 spiro atoms. The molecular formula is C5H12N2OS2. The van der Waals surface area contributed by atoms with Crippen LogP contribution < -0.4 is 11.1 Å². The highest BCUT2D eigenvalue weighted by atomic mass is 32.2. The number of thiol groups is 1. The van der Waals surface area contributed by atoms with E-state index in [4.69, 9.17) is 5.73 Å². The van der Waals surface area contributed by atoms with Gasteiger partial charge in [0.1, 0.15) is 0 Å². The van der Waals surface area contributed by atoms with E-state index in [9.17, 15) is 4.79 Å². The van der Waals surface area contributed by atoms with E-state index in [1.165, 1.54) is 0 Å². The SMILES string of the molecule is CSCNC(=O)[C@@H](N)CS. The number of nitrogens with two attached hydrogens (primary N) is 1. The van der Waals surface area contributed by atoms with Crippen molar-refractivity contribution in [3.8, 4) is 0 Å². The van der Waals surface area contributed by atoms with E-state index < -0.39 is 6.04 Å². The van der Waals surface area contributed by atoms with Gasteiger partial charge < -0.3 is 11.1 Å². The van der Waals surface area contributed by atoms with Crippen LogP contribution in [0.3, 0.4) is 0 Å². The Morgan fingerprint density at radius 1 is 1.90 bits per heavy atom. The smallest absolute Gasteiger partial charge is 0.238 e. The number of nitrogens with one attached hydrogen (secondary N) is 1. The van der Waals surface area contributed by atoms with E-state index in [0.717, 1.165) is 0 Å². The molecule has 0 saturated carbocycles. The Morgan fingerprint density at radius 2 is 2.50 bits per heavy atom. The van der Waals surface area contributed by atoms with Crippen LogP contribution in [0.5, 0.6) is 0 Å². The van der Waals surface area contributed by atoms with E-state index in [1.807, 2.05) is 6.26 Å². The molecule has 0 unspecified atom stereocenters. The van der Waals surface area contributed by atoms with Crippen molar-refractivity contribution in [2.24, 2.45) is 5.73 Å². The number of rotatable bonds is 4. The third-order valence-electron chi connectivity index (χ3n) is 0.924. The lowest BCUT2D eigenvalue weighted by atomic mass is 10.3. The molecule has 0 bridgehead atoms. The molecule has 0 rings (SSSR count). The molecule has 1 amide bonds. The van der Waals surface area contributed by atoms with Crippen molar-refractivity contribution in [3.05, 3.63) is 0 Å². The number of carbonyl (C=O) groups excluding carboxylic acids is 1. The Balaban J connectivity index is 3.42. The van der Waals surface area contributed by atoms with Crippen molar-refractivity contribution < 1.29 is 4.79 Å². The summed E-state index contributed by atoms with van der Waals surface area (Å²) in [6, 6.07) is -0.476. The fourth-order valence-corrected chi connectivity index (χ4v) is 0.810. The van der Waals surface area contributed by atoms with Crippen molar-refractivity contribution in [2.45, 2.75) is 6.04 Å². The van der Waals surface area contributed by atoms with Gasteiger partial charge >= 0.3 is 0 Å². The van der Waals surface area contributed by atoms with E-state index in [-0.39, 0.29) is 5.91 Å². The molecular weight excluding hydrogens is 168 g/mol. The second-order valence-corrected chi connectivity index (χ2v) is 2.99. The van der Waals surface area contributed by atoms with Crippen molar-refractivity contribution in [2.75, 3.05) is 17.9 Å². The van der Waals surface area contributed by atoms with Gasteiger partial charge in [0.05, 0.1) is 11.9 Å². The maximum atomic E-state index is 10.8. The molecule has 10 heavy (non-hydrogen) atoms. The fraction of sp³-hybridized carbons (Fsp3) is 0.800. The van der Waals surface area contributed by atoms with Gasteiger partial charge in [-0.25, -0.2) is 0 Å². The second-order valence-electron chi connectivity index (χ2n) is 1.76. The van der Waals surface area contributed by atoms with Crippen molar-refractivity contribution >= 4 is 30.3 Å². The first-order valence-electron chi connectivity index (χ1n) is 2.85. The van der Waals surface area contributed by atoms with Gasteiger partial charge in [-0.3, -0.25) is 4.79 Å². The molecule has 0 aromatic heterocycles. The quantitative estimate of drug-likeness (QED) is 0.410. The topological polar surface area (TPSA) is 55.1 Å². The monoisotopic (exact) mass is 180 g/mol. The minimum absolute atomic E-state index is 0.135. The predicted molar refractivity (Wildman–Crippen MR) is 48.4 cm³/mol. The zero-order valence-corrected chi connectivity index (χ0v) is 7.54. The minimum atomic E-state index is -0.476. The lowest BCUT2D eigenvalue weighted by Gasteiger charge is -2.07. The van der Waals surface area contributed by atoms with Crippen LogP contribution in [0.1, 0.15) is 0 Å². The summed E-state index contributed by atoms with van der Waals surface area (Å²) in [6.45, 7) is 0. The van der Waals surface area contributed by atoms with E-state index in [2.05, 4.69) is 17.9 Å². The van der Waals surface area contributed by atoms with E-state index in [1.54, 1.807) is 11.8 Å². The highest BCUT2D eigenvalue weighted by Crippen LogP contribution is 1.88. The Morgan fingerprint density at radius 3 is 2.90 bits per heavy atom. The van der Waals surface area contributed by atoms with Crippen molar-refractivity contribution in [1.82, 2.24) is 5.32 Å². The molecule has 0 aromatic rings. The molecule has 0 heterocycles. The van der Waals surface area contributed by atoms with Gasteiger partial charge in [-0.2, -0.15) is 12.6 Å². The lowest BCUT2D eigenvalue weighted by molar-refractivity contribution is -0.121. The van der Waals surface area contributed by atoms with Crippen LogP contribution in [0, 0.1) is 0 Å². The first-order valence-corrected chi connectivity index (χ1v) is 4.88. The molecule has 1 atom stereocenters. The van der Waals surface area contributed by atoms with Crippen molar-refractivity contribution in [3.63, 3.8) is 0 Å². The van der Waals surface area contributed by atoms with Gasteiger partial charge in [0.15, 0.2) is 0 Å². The van der Waals surface area contributed by atoms with Gasteiger partial charge in [-0.1, -0.05) is 0 Å². The summed E-state index contributed by atoms with van der Waals surface area (Å²) in [5.41, 5.74) is 5.36. The normalized spacial score (nSPS) is 12.7. The number of amides is 1. The molecule has 0 aromatic carbocycles. The molecule has 5 heteroatoms. The Bertz CT molecular complexity index is 110. The lowest BCUT2D eigenvalue weighted by Crippen LogP contribution is -2.41. The molecule has 3 nitrogen and oxygen atoms in total. The molecule has 0 aliphatic carbocycles. The zero-order chi connectivity index (χ0) is 7.98. The van der Waals surface area contributed by atoms with Gasteiger partial charge in [0.25, 0.3) is 0 Å². The summed E-state index contributed by atoms with van der Waals surface area (Å²) < 4.78 is 0. The van der Waals surface area contributed by atoms with Crippen LogP contribution in [-0.4, -0.2) is 29.8 Å². The van der Waals surface area contributed by atoms with Gasteiger partial charge in [-0.05, 0) is 6.26 Å². The summed E-state index contributed by atoms with van der Waals surface area (Å²) in [5.74, 6) is 0.866. The maximum absolute atomic E-state index is 10.8. The van der Waals surface area contributed by atoms with E-state index in [0.29, 0.717) is 11.6 Å². The highest BCUT2D eigenvalue weighted by Gasteiger charge is 2.08. The summed E-state index contributed by atoms with van der Waals surface area (Å²) in [4.78, 5) is 10.8. The number of thioether (sulfide) groups is 1. The number of hydrogen-bond donors (Lipinski definition) is 3. The molecule has 0 fully saturated rings. The van der Waals surface area contributed by atoms with Crippen LogP contribution >= 0.6 is 24.4 Å². The molecule has 0 aliphatic heterocycles. The maximum Gasteiger partial charge on any atom is 0.238 e. The summed E-state index contributed by atoms with van der Waals surface area (Å²) >= 11 is 5.43. The largest absolute Gasteiger partial charge is 0.346 e. The second kappa shape index (κ2) is 5.88. The molecule has 0 saturated heterocycles. The van der Waals surface area contributed by atoms with Gasteiger partial charge in [-0.15, -0.1) is 11.8 Å². The van der Waals surface area contributed by atoms with Crippen LogP contribution in [0.25, 0.3) is 0 Å². The third kappa shape index (κ3) is 4.03. The minimum Gasteiger partial charge on any atom is -0.346 e. The molecule has 0 aliphatic rings. The Labute approximate surface area is 70.5 Å². The van der Waals surface area contributed by atoms with Crippen LogP contribution in [0.4, 0.5) is 0 Å². The van der Waals surface area contributed by atoms with Crippen LogP contribution in [0.15, 0.2) is 0 Å². The van der Waals surface area contributed by atoms with Crippen LogP contribution in [-0.2, 0) is 4.79 Å². The van der Waals surface area contributed by atoms with Gasteiger partial charge in [0.2, 0.25) is 5.91 Å². The standard InChI is InChI=1S/C5H12N2OS2/c1-10-3-7-5(8)4(6)2-9/h4,9H,2-3,6H2,1H3,(H,7,8)/t4-/m0/s1. The molecule has 3 N–H and O–H groups in total. The first-order chi connectivity index (χ1) is 4.72. The van der Waals surface area contributed by atoms with E-state index >= 15 is 0 Å². The molecule has 0 radical (unpaired) electrons. The number of carbonyl (C=O) groups is 1. The van der Waals surface area contributed by atoms with Gasteiger partial charge in [0, 0.05) is 5.75 Å². The molecule has 60 valence electrons. The summed E-state index contributed by atoms with van der Waals surface area (Å²) in [7, 11) is 0. The summed E-state index contributed by atoms with van der Waals surface area (Å²) in [5, 5.41) is 2.63. The third-order valence-corrected chi connectivity index (χ3v) is 1.75. The Kier molecular flexibility index (Phi) is 5.96. The first kappa shape index (κ1) is 10.1. The fourth-order valence-electron chi connectivity index (χ4n) is 0.357. The predicted octanol–water partition coefficient (Wildman–Crippen LogP) is -0.320. The number of hydrogen-bond acceptors (Lipinski definition) is 4. The average molecular weight is 180 g/mol. The summed E-state index contributed by atoms with van der Waals surface area (Å²) in [6.07, 6.45) is 1.91. The average Bonchev–Trinajstić information content (AvgIpc) is 1.98. The Hall–Kier alpha value is 0.130. The van der Waals surface area contributed by atoms with Crippen LogP contribution in [0.2, 0.25) is 0 Å². The zero-order valence-electron chi connectivity index (χ0n) is 5.83.